The van der Waals surface area contributed by atoms with Gasteiger partial charge in [-0.25, -0.2) is 8.78 Å². The summed E-state index contributed by atoms with van der Waals surface area (Å²) in [4.78, 5) is 0. The van der Waals surface area contributed by atoms with E-state index in [-0.39, 0.29) is 0 Å². The van der Waals surface area contributed by atoms with Crippen molar-refractivity contribution in [1.29, 1.82) is 0 Å². The zero-order valence-corrected chi connectivity index (χ0v) is 13.2. The van der Waals surface area contributed by atoms with Gasteiger partial charge >= 0.3 is 0 Å². The molecule has 1 aromatic carbocycles. The second-order valence-electron chi connectivity index (χ2n) is 6.63. The second kappa shape index (κ2) is 8.51. The van der Waals surface area contributed by atoms with Crippen molar-refractivity contribution >= 4 is 0 Å². The van der Waals surface area contributed by atoms with Crippen LogP contribution in [0.2, 0.25) is 0 Å². The highest BCUT2D eigenvalue weighted by atomic mass is 19.2. The lowest BCUT2D eigenvalue weighted by Crippen LogP contribution is -2.15. The number of hydrogen-bond acceptors (Lipinski definition) is 0. The fraction of sp³-hybridized carbons (Fsp3) is 0.684. The van der Waals surface area contributed by atoms with Gasteiger partial charge in [0.15, 0.2) is 11.6 Å². The average Bonchev–Trinajstić information content (AvgIpc) is 2.50. The summed E-state index contributed by atoms with van der Waals surface area (Å²) >= 11 is 0. The molecule has 1 aliphatic rings. The van der Waals surface area contributed by atoms with Crippen LogP contribution in [-0.2, 0) is 6.42 Å². The Balaban J connectivity index is 1.70. The van der Waals surface area contributed by atoms with Gasteiger partial charge in [-0.15, -0.1) is 0 Å². The Morgan fingerprint density at radius 1 is 0.952 bits per heavy atom. The molecular formula is C19H28F2. The summed E-state index contributed by atoms with van der Waals surface area (Å²) in [5, 5.41) is 0. The van der Waals surface area contributed by atoms with E-state index in [4.69, 9.17) is 0 Å². The predicted octanol–water partition coefficient (Wildman–Crippen LogP) is 6.28. The summed E-state index contributed by atoms with van der Waals surface area (Å²) in [5.41, 5.74) is 0.542. The Bertz CT molecular complexity index is 420. The van der Waals surface area contributed by atoms with Crippen LogP contribution in [0, 0.1) is 23.5 Å². The summed E-state index contributed by atoms with van der Waals surface area (Å²) in [6.07, 6.45) is 12.3. The fourth-order valence-electron chi connectivity index (χ4n) is 3.59. The molecule has 0 saturated heterocycles. The Kier molecular flexibility index (Phi) is 6.66. The maximum atomic E-state index is 13.6. The molecule has 1 fully saturated rings. The van der Waals surface area contributed by atoms with E-state index in [2.05, 4.69) is 6.92 Å². The van der Waals surface area contributed by atoms with Crippen LogP contribution in [0.1, 0.15) is 70.3 Å². The molecule has 1 aromatic rings. The number of hydrogen-bond donors (Lipinski definition) is 0. The molecule has 0 heterocycles. The third kappa shape index (κ3) is 5.09. The lowest BCUT2D eigenvalue weighted by atomic mass is 9.78. The van der Waals surface area contributed by atoms with E-state index in [0.29, 0.717) is 17.9 Å². The average molecular weight is 294 g/mol. The summed E-state index contributed by atoms with van der Waals surface area (Å²) in [5.74, 6) is 0.256. The SMILES string of the molecule is CCCCCC1CCC(CCc2cccc(F)c2F)CC1. The molecule has 0 spiro atoms. The molecule has 1 aliphatic carbocycles. The highest BCUT2D eigenvalue weighted by Crippen LogP contribution is 2.34. The maximum Gasteiger partial charge on any atom is 0.162 e. The van der Waals surface area contributed by atoms with Gasteiger partial charge < -0.3 is 0 Å². The largest absolute Gasteiger partial charge is 0.204 e. The molecular weight excluding hydrogens is 266 g/mol. The number of aryl methyl sites for hydroxylation is 1. The van der Waals surface area contributed by atoms with Crippen molar-refractivity contribution in [2.75, 3.05) is 0 Å². The zero-order chi connectivity index (χ0) is 15.1. The van der Waals surface area contributed by atoms with Gasteiger partial charge in [0.2, 0.25) is 0 Å². The van der Waals surface area contributed by atoms with Crippen molar-refractivity contribution in [3.8, 4) is 0 Å². The maximum absolute atomic E-state index is 13.6. The number of halogens is 2. The Morgan fingerprint density at radius 2 is 1.62 bits per heavy atom. The normalized spacial score (nSPS) is 22.4. The predicted molar refractivity (Wildman–Crippen MR) is 84.3 cm³/mol. The lowest BCUT2D eigenvalue weighted by molar-refractivity contribution is 0.248. The lowest BCUT2D eigenvalue weighted by Gasteiger charge is -2.28. The third-order valence-corrected chi connectivity index (χ3v) is 5.04. The van der Waals surface area contributed by atoms with E-state index in [0.717, 1.165) is 12.3 Å². The molecule has 0 radical (unpaired) electrons. The minimum absolute atomic E-state index is 0.542. The van der Waals surface area contributed by atoms with Gasteiger partial charge in [-0.05, 0) is 36.3 Å². The van der Waals surface area contributed by atoms with Crippen molar-refractivity contribution in [2.24, 2.45) is 11.8 Å². The van der Waals surface area contributed by atoms with Crippen LogP contribution in [0.4, 0.5) is 8.78 Å². The van der Waals surface area contributed by atoms with Gasteiger partial charge in [-0.3, -0.25) is 0 Å². The standard InChI is InChI=1S/C19H28F2/c1-2-3-4-6-15-9-11-16(12-10-15)13-14-17-7-5-8-18(20)19(17)21/h5,7-8,15-16H,2-4,6,9-14H2,1H3. The van der Waals surface area contributed by atoms with E-state index in [9.17, 15) is 8.78 Å². The molecule has 2 heteroatoms. The molecule has 0 N–H and O–H groups in total. The zero-order valence-electron chi connectivity index (χ0n) is 13.2. The van der Waals surface area contributed by atoms with Crippen LogP contribution in [0.3, 0.4) is 0 Å². The molecule has 0 amide bonds. The number of unbranched alkanes of at least 4 members (excludes halogenated alkanes) is 2. The van der Waals surface area contributed by atoms with Crippen LogP contribution >= 0.6 is 0 Å². The smallest absolute Gasteiger partial charge is 0.162 e. The summed E-state index contributed by atoms with van der Waals surface area (Å²) < 4.78 is 26.8. The van der Waals surface area contributed by atoms with Crippen LogP contribution in [0.15, 0.2) is 18.2 Å². The molecule has 0 bridgehead atoms. The van der Waals surface area contributed by atoms with Crippen molar-refractivity contribution in [1.82, 2.24) is 0 Å². The van der Waals surface area contributed by atoms with Gasteiger partial charge in [-0.2, -0.15) is 0 Å². The molecule has 0 atom stereocenters. The van der Waals surface area contributed by atoms with Crippen LogP contribution in [0.5, 0.6) is 0 Å². The summed E-state index contributed by atoms with van der Waals surface area (Å²) in [6, 6.07) is 4.52. The molecule has 0 nitrogen and oxygen atoms in total. The Labute approximate surface area is 128 Å². The molecule has 0 unspecified atom stereocenters. The van der Waals surface area contributed by atoms with Gasteiger partial charge in [-0.1, -0.05) is 70.4 Å². The first-order valence-corrected chi connectivity index (χ1v) is 8.63. The first-order valence-electron chi connectivity index (χ1n) is 8.63. The summed E-state index contributed by atoms with van der Waals surface area (Å²) in [6.45, 7) is 2.25. The first kappa shape index (κ1) is 16.5. The van der Waals surface area contributed by atoms with Gasteiger partial charge in [0.1, 0.15) is 0 Å². The molecule has 118 valence electrons. The minimum Gasteiger partial charge on any atom is -0.204 e. The third-order valence-electron chi connectivity index (χ3n) is 5.04. The van der Waals surface area contributed by atoms with Crippen molar-refractivity contribution in [3.63, 3.8) is 0 Å². The van der Waals surface area contributed by atoms with Gasteiger partial charge in [0, 0.05) is 0 Å². The highest BCUT2D eigenvalue weighted by molar-refractivity contribution is 5.19. The highest BCUT2D eigenvalue weighted by Gasteiger charge is 2.21. The molecule has 0 aromatic heterocycles. The van der Waals surface area contributed by atoms with Crippen molar-refractivity contribution in [2.45, 2.75) is 71.1 Å². The molecule has 0 aliphatic heterocycles. The monoisotopic (exact) mass is 294 g/mol. The van der Waals surface area contributed by atoms with Crippen molar-refractivity contribution < 1.29 is 8.78 Å². The second-order valence-corrected chi connectivity index (χ2v) is 6.63. The quantitative estimate of drug-likeness (QED) is 0.519. The van der Waals surface area contributed by atoms with Crippen LogP contribution < -0.4 is 0 Å². The molecule has 1 saturated carbocycles. The topological polar surface area (TPSA) is 0 Å². The van der Waals surface area contributed by atoms with Gasteiger partial charge in [0.05, 0.1) is 0 Å². The van der Waals surface area contributed by atoms with E-state index >= 15 is 0 Å². The van der Waals surface area contributed by atoms with Crippen LogP contribution in [0.25, 0.3) is 0 Å². The van der Waals surface area contributed by atoms with E-state index in [1.165, 1.54) is 57.4 Å². The van der Waals surface area contributed by atoms with Crippen molar-refractivity contribution in [3.05, 3.63) is 35.4 Å². The van der Waals surface area contributed by atoms with E-state index < -0.39 is 11.6 Å². The minimum atomic E-state index is -0.716. The summed E-state index contributed by atoms with van der Waals surface area (Å²) in [7, 11) is 0. The number of benzene rings is 1. The Morgan fingerprint density at radius 3 is 2.29 bits per heavy atom. The number of rotatable bonds is 7. The van der Waals surface area contributed by atoms with E-state index in [1.54, 1.807) is 12.1 Å². The van der Waals surface area contributed by atoms with E-state index in [1.807, 2.05) is 0 Å². The first-order chi connectivity index (χ1) is 10.2. The van der Waals surface area contributed by atoms with Crippen LogP contribution in [-0.4, -0.2) is 0 Å². The molecule has 21 heavy (non-hydrogen) atoms. The molecule has 2 rings (SSSR count). The fourth-order valence-corrected chi connectivity index (χ4v) is 3.59. The van der Waals surface area contributed by atoms with Gasteiger partial charge in [0.25, 0.3) is 0 Å². The Hall–Kier alpha value is -0.920.